The predicted octanol–water partition coefficient (Wildman–Crippen LogP) is 2.77. The zero-order valence-electron chi connectivity index (χ0n) is 11.3. The fourth-order valence-electron chi connectivity index (χ4n) is 1.94. The van der Waals surface area contributed by atoms with Gasteiger partial charge in [-0.05, 0) is 12.5 Å². The Morgan fingerprint density at radius 2 is 2.17 bits per heavy atom. The second kappa shape index (κ2) is 7.90. The Kier molecular flexibility index (Phi) is 6.47. The molecular formula is C15H23NO2. The molecule has 0 unspecified atom stereocenters. The van der Waals surface area contributed by atoms with E-state index in [1.807, 2.05) is 37.3 Å². The summed E-state index contributed by atoms with van der Waals surface area (Å²) in [5.74, 6) is 0. The minimum absolute atomic E-state index is 0.420. The van der Waals surface area contributed by atoms with E-state index >= 15 is 0 Å². The molecule has 1 aromatic rings. The molecule has 3 heteroatoms. The fraction of sp³-hybridized carbons (Fsp3) is 0.467. The van der Waals surface area contributed by atoms with Crippen molar-refractivity contribution in [2.24, 2.45) is 0 Å². The van der Waals surface area contributed by atoms with Gasteiger partial charge < -0.3 is 14.7 Å². The van der Waals surface area contributed by atoms with Gasteiger partial charge in [-0.3, -0.25) is 0 Å². The van der Waals surface area contributed by atoms with E-state index in [-0.39, 0.29) is 0 Å². The third-order valence-electron chi connectivity index (χ3n) is 2.94. The van der Waals surface area contributed by atoms with Crippen LogP contribution in [0.4, 0.5) is 5.69 Å². The molecule has 0 aliphatic heterocycles. The summed E-state index contributed by atoms with van der Waals surface area (Å²) in [6.07, 6.45) is 2.16. The maximum Gasteiger partial charge on any atom is 0.0807 e. The number of anilines is 1. The maximum atomic E-state index is 10.1. The SMILES string of the molecule is C=CCN(CCOC)c1ccccc1[C@@H](O)CC. The van der Waals surface area contributed by atoms with Crippen LogP contribution >= 0.6 is 0 Å². The number of para-hydroxylation sites is 1. The Labute approximate surface area is 110 Å². The van der Waals surface area contributed by atoms with Crippen molar-refractivity contribution in [3.8, 4) is 0 Å². The molecule has 0 saturated carbocycles. The molecule has 0 heterocycles. The van der Waals surface area contributed by atoms with Crippen molar-refractivity contribution >= 4 is 5.69 Å². The summed E-state index contributed by atoms with van der Waals surface area (Å²) in [5, 5.41) is 10.1. The summed E-state index contributed by atoms with van der Waals surface area (Å²) in [7, 11) is 1.69. The molecule has 100 valence electrons. The van der Waals surface area contributed by atoms with Crippen molar-refractivity contribution < 1.29 is 9.84 Å². The van der Waals surface area contributed by atoms with Gasteiger partial charge in [0.15, 0.2) is 0 Å². The van der Waals surface area contributed by atoms with E-state index in [0.29, 0.717) is 13.0 Å². The summed E-state index contributed by atoms with van der Waals surface area (Å²) in [5.41, 5.74) is 2.03. The highest BCUT2D eigenvalue weighted by Crippen LogP contribution is 2.27. The van der Waals surface area contributed by atoms with Gasteiger partial charge in [0.05, 0.1) is 12.7 Å². The summed E-state index contributed by atoms with van der Waals surface area (Å²) < 4.78 is 5.13. The molecule has 1 aromatic carbocycles. The van der Waals surface area contributed by atoms with Gasteiger partial charge in [-0.15, -0.1) is 6.58 Å². The van der Waals surface area contributed by atoms with Crippen LogP contribution in [0.1, 0.15) is 25.0 Å². The van der Waals surface area contributed by atoms with Crippen molar-refractivity contribution in [1.82, 2.24) is 0 Å². The second-order valence-corrected chi connectivity index (χ2v) is 4.21. The molecule has 18 heavy (non-hydrogen) atoms. The van der Waals surface area contributed by atoms with Crippen molar-refractivity contribution in [1.29, 1.82) is 0 Å². The van der Waals surface area contributed by atoms with E-state index in [0.717, 1.165) is 24.3 Å². The molecular weight excluding hydrogens is 226 g/mol. The van der Waals surface area contributed by atoms with Gasteiger partial charge in [0, 0.05) is 31.5 Å². The van der Waals surface area contributed by atoms with E-state index in [1.165, 1.54) is 0 Å². The van der Waals surface area contributed by atoms with Gasteiger partial charge in [0.2, 0.25) is 0 Å². The number of hydrogen-bond acceptors (Lipinski definition) is 3. The van der Waals surface area contributed by atoms with Crippen LogP contribution < -0.4 is 4.90 Å². The molecule has 0 radical (unpaired) electrons. The van der Waals surface area contributed by atoms with Crippen LogP contribution in [-0.2, 0) is 4.74 Å². The van der Waals surface area contributed by atoms with Gasteiger partial charge in [-0.2, -0.15) is 0 Å². The molecule has 0 aromatic heterocycles. The predicted molar refractivity (Wildman–Crippen MR) is 76.0 cm³/mol. The largest absolute Gasteiger partial charge is 0.388 e. The summed E-state index contributed by atoms with van der Waals surface area (Å²) >= 11 is 0. The van der Waals surface area contributed by atoms with Gasteiger partial charge in [-0.25, -0.2) is 0 Å². The topological polar surface area (TPSA) is 32.7 Å². The molecule has 1 atom stereocenters. The van der Waals surface area contributed by atoms with Gasteiger partial charge >= 0.3 is 0 Å². The van der Waals surface area contributed by atoms with Gasteiger partial charge in [0.1, 0.15) is 0 Å². The molecule has 1 rings (SSSR count). The fourth-order valence-corrected chi connectivity index (χ4v) is 1.94. The van der Waals surface area contributed by atoms with Crippen LogP contribution in [0.25, 0.3) is 0 Å². The normalized spacial score (nSPS) is 12.2. The number of benzene rings is 1. The number of aliphatic hydroxyl groups is 1. The van der Waals surface area contributed by atoms with E-state index in [9.17, 15) is 5.11 Å². The van der Waals surface area contributed by atoms with Crippen LogP contribution in [0.2, 0.25) is 0 Å². The Hall–Kier alpha value is -1.32. The first kappa shape index (κ1) is 14.7. The van der Waals surface area contributed by atoms with E-state index < -0.39 is 6.10 Å². The smallest absolute Gasteiger partial charge is 0.0807 e. The number of rotatable bonds is 8. The van der Waals surface area contributed by atoms with Crippen LogP contribution in [0, 0.1) is 0 Å². The minimum Gasteiger partial charge on any atom is -0.388 e. The summed E-state index contributed by atoms with van der Waals surface area (Å²) in [6.45, 7) is 7.96. The Balaban J connectivity index is 2.98. The third-order valence-corrected chi connectivity index (χ3v) is 2.94. The lowest BCUT2D eigenvalue weighted by atomic mass is 10.0. The zero-order valence-corrected chi connectivity index (χ0v) is 11.3. The number of aliphatic hydroxyl groups excluding tert-OH is 1. The van der Waals surface area contributed by atoms with E-state index in [1.54, 1.807) is 7.11 Å². The van der Waals surface area contributed by atoms with Crippen LogP contribution in [0.15, 0.2) is 36.9 Å². The maximum absolute atomic E-state index is 10.1. The number of ether oxygens (including phenoxy) is 1. The number of nitrogens with zero attached hydrogens (tertiary/aromatic N) is 1. The molecule has 0 spiro atoms. The summed E-state index contributed by atoms with van der Waals surface area (Å²) in [6, 6.07) is 7.96. The lowest BCUT2D eigenvalue weighted by Crippen LogP contribution is -2.28. The van der Waals surface area contributed by atoms with Crippen molar-refractivity contribution in [2.45, 2.75) is 19.4 Å². The quantitative estimate of drug-likeness (QED) is 0.719. The van der Waals surface area contributed by atoms with Gasteiger partial charge in [-0.1, -0.05) is 31.2 Å². The molecule has 0 aliphatic rings. The van der Waals surface area contributed by atoms with Crippen LogP contribution in [-0.4, -0.2) is 31.9 Å². The average Bonchev–Trinajstić information content (AvgIpc) is 2.42. The third kappa shape index (κ3) is 3.86. The highest BCUT2D eigenvalue weighted by molar-refractivity contribution is 5.55. The van der Waals surface area contributed by atoms with Crippen molar-refractivity contribution in [3.63, 3.8) is 0 Å². The Morgan fingerprint density at radius 3 is 2.78 bits per heavy atom. The lowest BCUT2D eigenvalue weighted by molar-refractivity contribution is 0.173. The Morgan fingerprint density at radius 1 is 1.44 bits per heavy atom. The standard InChI is InChI=1S/C15H23NO2/c1-4-10-16(11-12-18-3)14-9-7-6-8-13(14)15(17)5-2/h4,6-9,15,17H,1,5,10-12H2,2-3H3/t15-/m0/s1. The van der Waals surface area contributed by atoms with Gasteiger partial charge in [0.25, 0.3) is 0 Å². The van der Waals surface area contributed by atoms with Crippen molar-refractivity contribution in [2.75, 3.05) is 31.7 Å². The molecule has 0 amide bonds. The molecule has 0 fully saturated rings. The first-order chi connectivity index (χ1) is 8.74. The minimum atomic E-state index is -0.420. The number of methoxy groups -OCH3 is 1. The molecule has 3 nitrogen and oxygen atoms in total. The van der Waals surface area contributed by atoms with E-state index in [4.69, 9.17) is 4.74 Å². The summed E-state index contributed by atoms with van der Waals surface area (Å²) in [4.78, 5) is 2.17. The molecule has 0 saturated heterocycles. The molecule has 1 N–H and O–H groups in total. The molecule has 0 aliphatic carbocycles. The lowest BCUT2D eigenvalue weighted by Gasteiger charge is -2.27. The molecule has 0 bridgehead atoms. The first-order valence-corrected chi connectivity index (χ1v) is 6.36. The number of hydrogen-bond donors (Lipinski definition) is 1. The average molecular weight is 249 g/mol. The highest BCUT2D eigenvalue weighted by Gasteiger charge is 2.14. The zero-order chi connectivity index (χ0) is 13.4. The Bertz CT molecular complexity index is 365. The van der Waals surface area contributed by atoms with Crippen LogP contribution in [0.3, 0.4) is 0 Å². The van der Waals surface area contributed by atoms with Crippen molar-refractivity contribution in [3.05, 3.63) is 42.5 Å². The second-order valence-electron chi connectivity index (χ2n) is 4.21. The van der Waals surface area contributed by atoms with Crippen LogP contribution in [0.5, 0.6) is 0 Å². The highest BCUT2D eigenvalue weighted by atomic mass is 16.5. The monoisotopic (exact) mass is 249 g/mol. The first-order valence-electron chi connectivity index (χ1n) is 6.36. The van der Waals surface area contributed by atoms with E-state index in [2.05, 4.69) is 11.5 Å².